The normalized spacial score (nSPS) is 14.1. The van der Waals surface area contributed by atoms with E-state index in [0.29, 0.717) is 13.0 Å². The third kappa shape index (κ3) is 4.91. The van der Waals surface area contributed by atoms with Gasteiger partial charge >= 0.3 is 0 Å². The molecule has 5 nitrogen and oxygen atoms in total. The number of hydrogen-bond acceptors (Lipinski definition) is 3. The monoisotopic (exact) mass is 379 g/mol. The first kappa shape index (κ1) is 19.9. The number of amides is 2. The molecule has 0 aliphatic carbocycles. The Labute approximate surface area is 167 Å². The first-order valence-corrected chi connectivity index (χ1v) is 9.88. The highest BCUT2D eigenvalue weighted by atomic mass is 16.2. The van der Waals surface area contributed by atoms with E-state index in [0.717, 1.165) is 37.4 Å². The second kappa shape index (κ2) is 8.91. The molecule has 1 aliphatic rings. The first-order valence-electron chi connectivity index (χ1n) is 9.88. The Hall–Kier alpha value is -2.82. The van der Waals surface area contributed by atoms with Gasteiger partial charge < -0.3 is 14.7 Å². The van der Waals surface area contributed by atoms with Crippen LogP contribution in [-0.4, -0.2) is 49.4 Å². The van der Waals surface area contributed by atoms with E-state index in [1.165, 1.54) is 11.3 Å². The van der Waals surface area contributed by atoms with Crippen LogP contribution in [0.1, 0.15) is 24.5 Å². The maximum atomic E-state index is 12.7. The second-order valence-electron chi connectivity index (χ2n) is 7.47. The van der Waals surface area contributed by atoms with Gasteiger partial charge in [-0.1, -0.05) is 24.3 Å². The molecule has 1 saturated heterocycles. The van der Waals surface area contributed by atoms with Gasteiger partial charge in [-0.15, -0.1) is 0 Å². The van der Waals surface area contributed by atoms with E-state index >= 15 is 0 Å². The molecule has 28 heavy (non-hydrogen) atoms. The molecule has 2 aromatic rings. The van der Waals surface area contributed by atoms with Crippen LogP contribution in [0, 0.1) is 13.8 Å². The van der Waals surface area contributed by atoms with E-state index in [9.17, 15) is 9.59 Å². The lowest BCUT2D eigenvalue weighted by Crippen LogP contribution is -2.49. The summed E-state index contributed by atoms with van der Waals surface area (Å²) in [5.41, 5.74) is 4.41. The zero-order chi connectivity index (χ0) is 20.1. The molecule has 0 spiro atoms. The Kier molecular flexibility index (Phi) is 6.34. The number of benzene rings is 2. The van der Waals surface area contributed by atoms with Crippen LogP contribution in [0.4, 0.5) is 11.4 Å². The maximum absolute atomic E-state index is 12.7. The lowest BCUT2D eigenvalue weighted by Gasteiger charge is -2.36. The van der Waals surface area contributed by atoms with Crippen molar-refractivity contribution < 1.29 is 9.59 Å². The number of hydrogen-bond donors (Lipinski definition) is 0. The summed E-state index contributed by atoms with van der Waals surface area (Å²) < 4.78 is 0. The van der Waals surface area contributed by atoms with Crippen LogP contribution >= 0.6 is 0 Å². The van der Waals surface area contributed by atoms with Gasteiger partial charge in [0.25, 0.3) is 0 Å². The van der Waals surface area contributed by atoms with Crippen molar-refractivity contribution in [3.63, 3.8) is 0 Å². The minimum Gasteiger partial charge on any atom is -0.368 e. The average Bonchev–Trinajstić information content (AvgIpc) is 2.68. The van der Waals surface area contributed by atoms with E-state index in [1.54, 1.807) is 11.8 Å². The number of aryl methyl sites for hydroxylation is 2. The van der Waals surface area contributed by atoms with Crippen LogP contribution in [0.15, 0.2) is 48.5 Å². The molecule has 2 aromatic carbocycles. The smallest absolute Gasteiger partial charge is 0.224 e. The molecular formula is C23H29N3O2. The lowest BCUT2D eigenvalue weighted by atomic mass is 10.2. The molecule has 0 saturated carbocycles. The number of piperazine rings is 1. The van der Waals surface area contributed by atoms with Crippen LogP contribution in [0.3, 0.4) is 0 Å². The summed E-state index contributed by atoms with van der Waals surface area (Å²) in [5.74, 6) is 0.0745. The van der Waals surface area contributed by atoms with Crippen molar-refractivity contribution in [2.75, 3.05) is 42.5 Å². The van der Waals surface area contributed by atoms with Gasteiger partial charge in [-0.3, -0.25) is 9.59 Å². The van der Waals surface area contributed by atoms with E-state index in [4.69, 9.17) is 0 Å². The van der Waals surface area contributed by atoms with Crippen molar-refractivity contribution in [1.29, 1.82) is 0 Å². The Morgan fingerprint density at radius 2 is 1.57 bits per heavy atom. The highest BCUT2D eigenvalue weighted by Gasteiger charge is 2.22. The molecule has 1 aliphatic heterocycles. The van der Waals surface area contributed by atoms with Crippen molar-refractivity contribution in [1.82, 2.24) is 4.90 Å². The molecule has 0 bridgehead atoms. The summed E-state index contributed by atoms with van der Waals surface area (Å²) in [5, 5.41) is 0. The summed E-state index contributed by atoms with van der Waals surface area (Å²) in [4.78, 5) is 30.7. The predicted octanol–water partition coefficient (Wildman–Crippen LogP) is 3.40. The standard InChI is InChI=1S/C23H29N3O2/c1-18-6-4-8-21(16-18)24-12-14-25(15-13-24)23(28)10-11-26(20(3)27)22-9-5-7-19(2)17-22/h4-9,16-17H,10-15H2,1-3H3. The number of carbonyl (C=O) groups is 2. The SMILES string of the molecule is CC(=O)N(CCC(=O)N1CCN(c2cccc(C)c2)CC1)c1cccc(C)c1. The average molecular weight is 380 g/mol. The highest BCUT2D eigenvalue weighted by molar-refractivity contribution is 5.92. The largest absolute Gasteiger partial charge is 0.368 e. The fourth-order valence-electron chi connectivity index (χ4n) is 3.67. The van der Waals surface area contributed by atoms with Crippen LogP contribution in [0.2, 0.25) is 0 Å². The number of rotatable bonds is 5. The highest BCUT2D eigenvalue weighted by Crippen LogP contribution is 2.19. The van der Waals surface area contributed by atoms with Crippen molar-refractivity contribution in [3.8, 4) is 0 Å². The third-order valence-electron chi connectivity index (χ3n) is 5.24. The van der Waals surface area contributed by atoms with E-state index in [2.05, 4.69) is 36.1 Å². The molecule has 148 valence electrons. The lowest BCUT2D eigenvalue weighted by molar-refractivity contribution is -0.131. The van der Waals surface area contributed by atoms with Crippen molar-refractivity contribution in [2.24, 2.45) is 0 Å². The minimum atomic E-state index is -0.0392. The van der Waals surface area contributed by atoms with Gasteiger partial charge in [0.15, 0.2) is 0 Å². The van der Waals surface area contributed by atoms with Crippen LogP contribution < -0.4 is 9.80 Å². The van der Waals surface area contributed by atoms with Crippen molar-refractivity contribution in [2.45, 2.75) is 27.2 Å². The zero-order valence-electron chi connectivity index (χ0n) is 17.0. The Balaban J connectivity index is 1.54. The van der Waals surface area contributed by atoms with Gasteiger partial charge in [0, 0.05) is 57.4 Å². The zero-order valence-corrected chi connectivity index (χ0v) is 17.0. The summed E-state index contributed by atoms with van der Waals surface area (Å²) in [7, 11) is 0. The van der Waals surface area contributed by atoms with E-state index in [1.807, 2.05) is 36.1 Å². The van der Waals surface area contributed by atoms with Crippen molar-refractivity contribution in [3.05, 3.63) is 59.7 Å². The fourth-order valence-corrected chi connectivity index (χ4v) is 3.67. The van der Waals surface area contributed by atoms with Gasteiger partial charge in [0.1, 0.15) is 0 Å². The molecular weight excluding hydrogens is 350 g/mol. The van der Waals surface area contributed by atoms with Crippen LogP contribution in [0.25, 0.3) is 0 Å². The molecule has 0 N–H and O–H groups in total. The molecule has 2 amide bonds. The molecule has 0 radical (unpaired) electrons. The summed E-state index contributed by atoms with van der Waals surface area (Å²) in [6, 6.07) is 16.3. The van der Waals surface area contributed by atoms with E-state index in [-0.39, 0.29) is 11.8 Å². The topological polar surface area (TPSA) is 43.9 Å². The van der Waals surface area contributed by atoms with E-state index < -0.39 is 0 Å². The first-order chi connectivity index (χ1) is 13.4. The van der Waals surface area contributed by atoms with Gasteiger partial charge in [-0.2, -0.15) is 0 Å². The minimum absolute atomic E-state index is 0.0392. The van der Waals surface area contributed by atoms with Crippen molar-refractivity contribution >= 4 is 23.2 Å². The Morgan fingerprint density at radius 1 is 0.929 bits per heavy atom. The van der Waals surface area contributed by atoms with Crippen LogP contribution in [-0.2, 0) is 9.59 Å². The molecule has 5 heteroatoms. The number of anilines is 2. The maximum Gasteiger partial charge on any atom is 0.224 e. The Bertz CT molecular complexity index is 841. The molecule has 0 unspecified atom stereocenters. The summed E-state index contributed by atoms with van der Waals surface area (Å²) >= 11 is 0. The van der Waals surface area contributed by atoms with Gasteiger partial charge in [0.05, 0.1) is 0 Å². The molecule has 3 rings (SSSR count). The second-order valence-corrected chi connectivity index (χ2v) is 7.47. The van der Waals surface area contributed by atoms with Gasteiger partial charge in [-0.05, 0) is 49.2 Å². The molecule has 0 atom stereocenters. The molecule has 1 heterocycles. The van der Waals surface area contributed by atoms with Gasteiger partial charge in [0.2, 0.25) is 11.8 Å². The quantitative estimate of drug-likeness (QED) is 0.800. The molecule has 1 fully saturated rings. The van der Waals surface area contributed by atoms with Gasteiger partial charge in [-0.25, -0.2) is 0 Å². The van der Waals surface area contributed by atoms with Crippen LogP contribution in [0.5, 0.6) is 0 Å². The fraction of sp³-hybridized carbons (Fsp3) is 0.391. The number of nitrogens with zero attached hydrogens (tertiary/aromatic N) is 3. The number of carbonyl (C=O) groups excluding carboxylic acids is 2. The summed E-state index contributed by atoms with van der Waals surface area (Å²) in [6.45, 7) is 9.17. The third-order valence-corrected chi connectivity index (χ3v) is 5.24. The molecule has 0 aromatic heterocycles. The summed E-state index contributed by atoms with van der Waals surface area (Å²) in [6.07, 6.45) is 0.345. The Morgan fingerprint density at radius 3 is 2.18 bits per heavy atom. The predicted molar refractivity (Wildman–Crippen MR) is 114 cm³/mol.